The van der Waals surface area contributed by atoms with Crippen molar-refractivity contribution in [2.45, 2.75) is 56.1 Å². The summed E-state index contributed by atoms with van der Waals surface area (Å²) in [6.07, 6.45) is 8.87. The minimum absolute atomic E-state index is 0.0330. The van der Waals surface area contributed by atoms with Gasteiger partial charge in [0.25, 0.3) is 0 Å². The maximum absolute atomic E-state index is 11.4. The fourth-order valence-electron chi connectivity index (χ4n) is 4.52. The highest BCUT2D eigenvalue weighted by atomic mass is 32.2. The maximum atomic E-state index is 11.4. The van der Waals surface area contributed by atoms with Crippen LogP contribution < -0.4 is 0 Å². The molecule has 4 heteroatoms. The summed E-state index contributed by atoms with van der Waals surface area (Å²) < 4.78 is 11.8. The molecule has 0 radical (unpaired) electrons. The highest BCUT2D eigenvalue weighted by Gasteiger charge is 2.49. The lowest BCUT2D eigenvalue weighted by Crippen LogP contribution is -2.49. The predicted molar refractivity (Wildman–Crippen MR) is 83.5 cm³/mol. The number of hydrogen-bond acceptors (Lipinski definition) is 4. The van der Waals surface area contributed by atoms with Crippen molar-refractivity contribution in [2.75, 3.05) is 18.1 Å². The van der Waals surface area contributed by atoms with Gasteiger partial charge < -0.3 is 14.3 Å². The van der Waals surface area contributed by atoms with Crippen LogP contribution in [0.15, 0.2) is 16.7 Å². The van der Waals surface area contributed by atoms with Gasteiger partial charge in [0.15, 0.2) is 0 Å². The van der Waals surface area contributed by atoms with Gasteiger partial charge in [-0.25, -0.2) is 0 Å². The van der Waals surface area contributed by atoms with E-state index in [1.54, 1.807) is 6.26 Å². The van der Waals surface area contributed by atoms with Gasteiger partial charge in [-0.15, -0.1) is 0 Å². The predicted octanol–water partition coefficient (Wildman–Crippen LogP) is 3.50. The van der Waals surface area contributed by atoms with Crippen molar-refractivity contribution in [2.24, 2.45) is 5.92 Å². The monoisotopic (exact) mass is 308 g/mol. The number of rotatable bonds is 1. The Hall–Kier alpha value is -0.450. The van der Waals surface area contributed by atoms with Gasteiger partial charge in [0.05, 0.1) is 17.5 Å². The third kappa shape index (κ3) is 2.36. The molecule has 4 rings (SSSR count). The first-order valence-corrected chi connectivity index (χ1v) is 9.38. The van der Waals surface area contributed by atoms with Gasteiger partial charge in [-0.1, -0.05) is 0 Å². The van der Waals surface area contributed by atoms with E-state index in [1.165, 1.54) is 11.5 Å². The Bertz CT molecular complexity index is 500. The van der Waals surface area contributed by atoms with Crippen LogP contribution in [-0.4, -0.2) is 28.8 Å². The van der Waals surface area contributed by atoms with Crippen molar-refractivity contribution in [1.29, 1.82) is 0 Å². The molecular weight excluding hydrogens is 284 g/mol. The average Bonchev–Trinajstić information content (AvgIpc) is 2.98. The molecule has 2 aliphatic heterocycles. The summed E-state index contributed by atoms with van der Waals surface area (Å²) in [7, 11) is 0. The molecule has 3 nitrogen and oxygen atoms in total. The summed E-state index contributed by atoms with van der Waals surface area (Å²) in [6, 6.07) is 1.99. The molecule has 2 atom stereocenters. The van der Waals surface area contributed by atoms with Crippen molar-refractivity contribution in [3.8, 4) is 0 Å². The number of aliphatic hydroxyl groups is 1. The van der Waals surface area contributed by atoms with Crippen molar-refractivity contribution in [1.82, 2.24) is 0 Å². The smallest absolute Gasteiger partial charge is 0.109 e. The highest BCUT2D eigenvalue weighted by molar-refractivity contribution is 7.99. The molecule has 0 aromatic carbocycles. The first-order chi connectivity index (χ1) is 10.2. The van der Waals surface area contributed by atoms with Crippen molar-refractivity contribution in [3.63, 3.8) is 0 Å². The van der Waals surface area contributed by atoms with Gasteiger partial charge in [0, 0.05) is 18.6 Å². The lowest BCUT2D eigenvalue weighted by molar-refractivity contribution is -0.154. The van der Waals surface area contributed by atoms with E-state index < -0.39 is 5.60 Å². The highest BCUT2D eigenvalue weighted by Crippen LogP contribution is 2.50. The van der Waals surface area contributed by atoms with Crippen LogP contribution in [0.3, 0.4) is 0 Å². The van der Waals surface area contributed by atoms with Crippen LogP contribution in [0.4, 0.5) is 0 Å². The van der Waals surface area contributed by atoms with E-state index in [-0.39, 0.29) is 5.60 Å². The molecule has 0 saturated carbocycles. The molecule has 0 amide bonds. The van der Waals surface area contributed by atoms with Crippen LogP contribution >= 0.6 is 11.8 Å². The second-order valence-electron chi connectivity index (χ2n) is 6.87. The number of hydrogen-bond donors (Lipinski definition) is 1. The van der Waals surface area contributed by atoms with Crippen LogP contribution in [0.25, 0.3) is 0 Å². The van der Waals surface area contributed by atoms with Crippen molar-refractivity contribution < 1.29 is 14.3 Å². The standard InChI is InChI=1S/C17H24O3S/c18-17(5-1-2-15-14(17)4-8-19-15)13-3-9-20-16(12-13)6-10-21-11-7-16/h4,8,13,18H,1-3,5-7,9-12H2. The minimum Gasteiger partial charge on any atom is -0.469 e. The zero-order valence-corrected chi connectivity index (χ0v) is 13.3. The molecule has 3 aliphatic rings. The van der Waals surface area contributed by atoms with Gasteiger partial charge in [-0.05, 0) is 62.0 Å². The number of fused-ring (bicyclic) bond motifs is 1. The summed E-state index contributed by atoms with van der Waals surface area (Å²) in [6.45, 7) is 0.796. The van der Waals surface area contributed by atoms with E-state index in [1.807, 2.05) is 17.8 Å². The maximum Gasteiger partial charge on any atom is 0.109 e. The Morgan fingerprint density at radius 1 is 1.24 bits per heavy atom. The van der Waals surface area contributed by atoms with Crippen molar-refractivity contribution >= 4 is 11.8 Å². The largest absolute Gasteiger partial charge is 0.469 e. The van der Waals surface area contributed by atoms with Crippen molar-refractivity contribution in [3.05, 3.63) is 23.7 Å². The molecule has 2 saturated heterocycles. The summed E-state index contributed by atoms with van der Waals surface area (Å²) in [5.74, 6) is 3.71. The van der Waals surface area contributed by atoms with Gasteiger partial charge in [0.1, 0.15) is 5.76 Å². The summed E-state index contributed by atoms with van der Waals surface area (Å²) >= 11 is 2.03. The van der Waals surface area contributed by atoms with Crippen LogP contribution in [0.5, 0.6) is 0 Å². The molecule has 1 aliphatic carbocycles. The average molecular weight is 308 g/mol. The quantitative estimate of drug-likeness (QED) is 0.862. The Morgan fingerprint density at radius 3 is 2.95 bits per heavy atom. The first kappa shape index (κ1) is 14.2. The molecule has 2 unspecified atom stereocenters. The molecule has 1 aromatic heterocycles. The topological polar surface area (TPSA) is 42.6 Å². The lowest BCUT2D eigenvalue weighted by Gasteiger charge is -2.49. The van der Waals surface area contributed by atoms with Crippen LogP contribution in [-0.2, 0) is 16.8 Å². The zero-order chi connectivity index (χ0) is 14.3. The summed E-state index contributed by atoms with van der Waals surface area (Å²) in [4.78, 5) is 0. The van der Waals surface area contributed by atoms with Gasteiger partial charge in [-0.3, -0.25) is 0 Å². The van der Waals surface area contributed by atoms with Gasteiger partial charge in [-0.2, -0.15) is 11.8 Å². The molecule has 3 heterocycles. The first-order valence-electron chi connectivity index (χ1n) is 8.23. The van der Waals surface area contributed by atoms with Crippen LogP contribution in [0.1, 0.15) is 49.8 Å². The molecule has 1 N–H and O–H groups in total. The lowest BCUT2D eigenvalue weighted by atomic mass is 9.67. The Labute approximate surface area is 130 Å². The van der Waals surface area contributed by atoms with Crippen LogP contribution in [0, 0.1) is 5.92 Å². The molecule has 116 valence electrons. The molecule has 21 heavy (non-hydrogen) atoms. The van der Waals surface area contributed by atoms with E-state index in [0.717, 1.165) is 62.9 Å². The van der Waals surface area contributed by atoms with Crippen LogP contribution in [0.2, 0.25) is 0 Å². The van der Waals surface area contributed by atoms with Gasteiger partial charge >= 0.3 is 0 Å². The number of furan rings is 1. The number of thioether (sulfide) groups is 1. The van der Waals surface area contributed by atoms with E-state index in [2.05, 4.69) is 0 Å². The third-order valence-electron chi connectivity index (χ3n) is 5.75. The molecule has 2 fully saturated rings. The fraction of sp³-hybridized carbons (Fsp3) is 0.765. The van der Waals surface area contributed by atoms with Gasteiger partial charge in [0.2, 0.25) is 0 Å². The second kappa shape index (κ2) is 5.32. The summed E-state index contributed by atoms with van der Waals surface area (Å²) in [5, 5.41) is 11.4. The van der Waals surface area contributed by atoms with E-state index >= 15 is 0 Å². The third-order valence-corrected chi connectivity index (χ3v) is 6.73. The normalized spacial score (nSPS) is 35.6. The van der Waals surface area contributed by atoms with E-state index in [9.17, 15) is 5.11 Å². The SMILES string of the molecule is OC1(C2CCOC3(CCSCC3)C2)CCCc2occc21. The minimum atomic E-state index is -0.693. The van der Waals surface area contributed by atoms with E-state index in [0.29, 0.717) is 5.92 Å². The Kier molecular flexibility index (Phi) is 3.59. The fourth-order valence-corrected chi connectivity index (χ4v) is 5.76. The zero-order valence-electron chi connectivity index (χ0n) is 12.5. The molecular formula is C17H24O3S. The Balaban J connectivity index is 1.61. The number of aryl methyl sites for hydroxylation is 1. The Morgan fingerprint density at radius 2 is 2.10 bits per heavy atom. The molecule has 0 bridgehead atoms. The molecule has 1 aromatic rings. The summed E-state index contributed by atoms with van der Waals surface area (Å²) in [5.41, 5.74) is 0.397. The number of ether oxygens (including phenoxy) is 1. The van der Waals surface area contributed by atoms with E-state index in [4.69, 9.17) is 9.15 Å². The molecule has 1 spiro atoms. The second-order valence-corrected chi connectivity index (χ2v) is 8.09.